The van der Waals surface area contributed by atoms with Gasteiger partial charge in [-0.05, 0) is 39.3 Å². The summed E-state index contributed by atoms with van der Waals surface area (Å²) in [6.45, 7) is 6.80. The van der Waals surface area contributed by atoms with Gasteiger partial charge in [-0.15, -0.1) is 6.42 Å². The van der Waals surface area contributed by atoms with Crippen LogP contribution in [0.1, 0.15) is 50.4 Å². The molecule has 2 atom stereocenters. The third-order valence-electron chi connectivity index (χ3n) is 4.71. The molecule has 0 bridgehead atoms. The highest BCUT2D eigenvalue weighted by Gasteiger charge is 2.35. The molecule has 7 heteroatoms. The highest BCUT2D eigenvalue weighted by Crippen LogP contribution is 2.25. The molecule has 0 aromatic heterocycles. The van der Waals surface area contributed by atoms with Crippen molar-refractivity contribution in [2.24, 2.45) is 0 Å². The Morgan fingerprint density at radius 2 is 1.65 bits per heavy atom. The summed E-state index contributed by atoms with van der Waals surface area (Å²) < 4.78 is 5.21. The summed E-state index contributed by atoms with van der Waals surface area (Å²) in [4.78, 5) is 39.7. The number of terminal acetylenes is 2. The van der Waals surface area contributed by atoms with Crippen LogP contribution < -0.4 is 10.6 Å². The van der Waals surface area contributed by atoms with Crippen molar-refractivity contribution in [3.63, 3.8) is 0 Å². The smallest absolute Gasteiger partial charge is 0.408 e. The van der Waals surface area contributed by atoms with Crippen molar-refractivity contribution in [3.05, 3.63) is 71.3 Å². The highest BCUT2D eigenvalue weighted by atomic mass is 16.6. The van der Waals surface area contributed by atoms with Gasteiger partial charge in [-0.3, -0.25) is 14.5 Å². The summed E-state index contributed by atoms with van der Waals surface area (Å²) in [6, 6.07) is 16.1. The molecule has 0 spiro atoms. The molecule has 34 heavy (non-hydrogen) atoms. The van der Waals surface area contributed by atoms with Gasteiger partial charge in [0.2, 0.25) is 5.91 Å². The Bertz CT molecular complexity index is 1110. The fourth-order valence-electron chi connectivity index (χ4n) is 3.17. The van der Waals surface area contributed by atoms with E-state index >= 15 is 0 Å². The van der Waals surface area contributed by atoms with Crippen molar-refractivity contribution >= 4 is 17.9 Å². The van der Waals surface area contributed by atoms with Gasteiger partial charge in [0.1, 0.15) is 17.7 Å². The number of nitrogens with one attached hydrogen (secondary N) is 2. The summed E-state index contributed by atoms with van der Waals surface area (Å²) in [5.41, 5.74) is 0.942. The van der Waals surface area contributed by atoms with E-state index in [1.807, 2.05) is 30.3 Å². The molecule has 0 fully saturated rings. The summed E-state index contributed by atoms with van der Waals surface area (Å²) in [6.07, 6.45) is 10.6. The van der Waals surface area contributed by atoms with Crippen LogP contribution in [0.3, 0.4) is 0 Å². The SMILES string of the molecule is C#Cc1ccccc1C(C(=O)NCc1ccccc1)N(C#C)C(=O)C(C)NC(=O)OC(C)(C)C. The van der Waals surface area contributed by atoms with E-state index in [2.05, 4.69) is 22.6 Å². The van der Waals surface area contributed by atoms with Crippen molar-refractivity contribution in [2.45, 2.75) is 51.9 Å². The Hall–Kier alpha value is -4.23. The molecule has 3 amide bonds. The second kappa shape index (κ2) is 11.6. The Morgan fingerprint density at radius 3 is 2.24 bits per heavy atom. The maximum absolute atomic E-state index is 13.3. The fourth-order valence-corrected chi connectivity index (χ4v) is 3.17. The maximum Gasteiger partial charge on any atom is 0.408 e. The van der Waals surface area contributed by atoms with Crippen LogP contribution in [0.15, 0.2) is 54.6 Å². The summed E-state index contributed by atoms with van der Waals surface area (Å²) in [5, 5.41) is 5.28. The first-order valence-electron chi connectivity index (χ1n) is 10.7. The Morgan fingerprint density at radius 1 is 1.03 bits per heavy atom. The van der Waals surface area contributed by atoms with Gasteiger partial charge in [0.25, 0.3) is 5.91 Å². The van der Waals surface area contributed by atoms with Gasteiger partial charge in [-0.2, -0.15) is 0 Å². The van der Waals surface area contributed by atoms with E-state index in [-0.39, 0.29) is 6.54 Å². The van der Waals surface area contributed by atoms with Crippen LogP contribution in [0.4, 0.5) is 4.79 Å². The van der Waals surface area contributed by atoms with Gasteiger partial charge < -0.3 is 15.4 Å². The third-order valence-corrected chi connectivity index (χ3v) is 4.71. The van der Waals surface area contributed by atoms with Crippen molar-refractivity contribution in [3.8, 4) is 24.8 Å². The van der Waals surface area contributed by atoms with E-state index in [0.717, 1.165) is 10.5 Å². The normalized spacial score (nSPS) is 12.3. The van der Waals surface area contributed by atoms with Crippen LogP contribution in [0, 0.1) is 24.8 Å². The Kier molecular flexibility index (Phi) is 8.86. The van der Waals surface area contributed by atoms with E-state index in [1.54, 1.807) is 45.0 Å². The number of hydrogen-bond donors (Lipinski definition) is 2. The Balaban J connectivity index is 2.34. The van der Waals surface area contributed by atoms with Crippen molar-refractivity contribution in [1.82, 2.24) is 15.5 Å². The molecule has 2 aromatic carbocycles. The molecule has 7 nitrogen and oxygen atoms in total. The molecular weight excluding hydrogens is 430 g/mol. The number of hydrogen-bond acceptors (Lipinski definition) is 4. The van der Waals surface area contributed by atoms with E-state index in [9.17, 15) is 14.4 Å². The predicted octanol–water partition coefficient (Wildman–Crippen LogP) is 3.36. The number of nitrogens with zero attached hydrogens (tertiary/aromatic N) is 1. The molecule has 2 unspecified atom stereocenters. The highest BCUT2D eigenvalue weighted by molar-refractivity contribution is 5.93. The monoisotopic (exact) mass is 459 g/mol. The molecule has 2 aromatic rings. The summed E-state index contributed by atoms with van der Waals surface area (Å²) in [7, 11) is 0. The number of carbonyl (C=O) groups is 3. The molecule has 0 aliphatic carbocycles. The maximum atomic E-state index is 13.3. The predicted molar refractivity (Wildman–Crippen MR) is 130 cm³/mol. The van der Waals surface area contributed by atoms with Crippen LogP contribution in [0.5, 0.6) is 0 Å². The second-order valence-corrected chi connectivity index (χ2v) is 8.54. The average molecular weight is 460 g/mol. The number of rotatable bonds is 7. The van der Waals surface area contributed by atoms with Gasteiger partial charge in [-0.1, -0.05) is 60.9 Å². The molecule has 0 heterocycles. The van der Waals surface area contributed by atoms with Crippen molar-refractivity contribution in [1.29, 1.82) is 0 Å². The first kappa shape index (κ1) is 26.0. The standard InChI is InChI=1S/C27H29N3O4/c1-7-21-16-12-13-17-22(21)23(24(31)28-18-20-14-10-9-11-15-20)30(8-2)25(32)19(3)29-26(33)34-27(4,5)6/h1-2,9-17,19,23H,18H2,3-6H3,(H,28,31)(H,29,33). The molecule has 0 saturated carbocycles. The minimum absolute atomic E-state index is 0.229. The van der Waals surface area contributed by atoms with Crippen LogP contribution >= 0.6 is 0 Å². The van der Waals surface area contributed by atoms with Crippen molar-refractivity contribution < 1.29 is 19.1 Å². The molecule has 176 valence electrons. The van der Waals surface area contributed by atoms with Crippen LogP contribution in [0.25, 0.3) is 0 Å². The molecule has 2 rings (SSSR count). The molecular formula is C27H29N3O4. The minimum Gasteiger partial charge on any atom is -0.444 e. The van der Waals surface area contributed by atoms with E-state index < -0.39 is 35.6 Å². The number of ether oxygens (including phenoxy) is 1. The molecule has 0 aliphatic heterocycles. The lowest BCUT2D eigenvalue weighted by atomic mass is 9.98. The van der Waals surface area contributed by atoms with Gasteiger partial charge in [0, 0.05) is 23.7 Å². The molecule has 0 radical (unpaired) electrons. The second-order valence-electron chi connectivity index (χ2n) is 8.54. The lowest BCUT2D eigenvalue weighted by Crippen LogP contribution is -2.50. The first-order valence-corrected chi connectivity index (χ1v) is 10.7. The number of benzene rings is 2. The quantitative estimate of drug-likeness (QED) is 0.491. The largest absolute Gasteiger partial charge is 0.444 e. The van der Waals surface area contributed by atoms with Gasteiger partial charge >= 0.3 is 6.09 Å². The fraction of sp³-hybridized carbons (Fsp3) is 0.296. The third kappa shape index (κ3) is 7.15. The minimum atomic E-state index is -1.21. The zero-order chi connectivity index (χ0) is 25.3. The molecule has 0 aliphatic rings. The zero-order valence-corrected chi connectivity index (χ0v) is 19.8. The van der Waals surface area contributed by atoms with Gasteiger partial charge in [0.15, 0.2) is 0 Å². The molecule has 2 N–H and O–H groups in total. The van der Waals surface area contributed by atoms with E-state index in [4.69, 9.17) is 17.6 Å². The van der Waals surface area contributed by atoms with E-state index in [1.165, 1.54) is 6.92 Å². The van der Waals surface area contributed by atoms with Crippen LogP contribution in [-0.4, -0.2) is 34.5 Å². The van der Waals surface area contributed by atoms with Crippen LogP contribution in [0.2, 0.25) is 0 Å². The van der Waals surface area contributed by atoms with E-state index in [0.29, 0.717) is 11.1 Å². The number of amides is 3. The van der Waals surface area contributed by atoms with Gasteiger partial charge in [-0.25, -0.2) is 4.79 Å². The first-order chi connectivity index (χ1) is 16.1. The van der Waals surface area contributed by atoms with Gasteiger partial charge in [0.05, 0.1) is 0 Å². The topological polar surface area (TPSA) is 87.7 Å². The summed E-state index contributed by atoms with van der Waals surface area (Å²) >= 11 is 0. The average Bonchev–Trinajstić information content (AvgIpc) is 2.79. The van der Waals surface area contributed by atoms with Crippen LogP contribution in [-0.2, 0) is 20.9 Å². The number of alkyl carbamates (subject to hydrolysis) is 1. The Labute approximate surface area is 200 Å². The lowest BCUT2D eigenvalue weighted by Gasteiger charge is -2.29. The number of carbonyl (C=O) groups excluding carboxylic acids is 3. The lowest BCUT2D eigenvalue weighted by molar-refractivity contribution is -0.138. The zero-order valence-electron chi connectivity index (χ0n) is 19.8. The van der Waals surface area contributed by atoms with Crippen molar-refractivity contribution in [2.75, 3.05) is 0 Å². The molecule has 0 saturated heterocycles. The summed E-state index contributed by atoms with van der Waals surface area (Å²) in [5.74, 6) is 1.36.